The fourth-order valence-corrected chi connectivity index (χ4v) is 1.36. The third-order valence-electron chi connectivity index (χ3n) is 1.83. The van der Waals surface area contributed by atoms with Gasteiger partial charge in [-0.1, -0.05) is 29.8 Å². The molecule has 74 valence electrons. The van der Waals surface area contributed by atoms with Crippen molar-refractivity contribution in [1.82, 2.24) is 0 Å². The molecule has 0 N–H and O–H groups in total. The molecule has 0 radical (unpaired) electrons. The van der Waals surface area contributed by atoms with E-state index >= 15 is 0 Å². The van der Waals surface area contributed by atoms with E-state index in [1.807, 2.05) is 0 Å². The van der Waals surface area contributed by atoms with Crippen molar-refractivity contribution in [2.45, 2.75) is 5.92 Å². The first-order chi connectivity index (χ1) is 6.70. The minimum absolute atomic E-state index is 0.384. The summed E-state index contributed by atoms with van der Waals surface area (Å²) in [5.41, 5.74) is 0.469. The van der Waals surface area contributed by atoms with Gasteiger partial charge in [0.05, 0.1) is 7.11 Å². The van der Waals surface area contributed by atoms with Crippen LogP contribution in [-0.2, 0) is 14.3 Å². The molecule has 0 aliphatic rings. The van der Waals surface area contributed by atoms with Crippen molar-refractivity contribution in [3.8, 4) is 0 Å². The van der Waals surface area contributed by atoms with Crippen LogP contribution in [0.1, 0.15) is 11.5 Å². The van der Waals surface area contributed by atoms with E-state index in [4.69, 9.17) is 11.6 Å². The highest BCUT2D eigenvalue weighted by Crippen LogP contribution is 2.23. The minimum Gasteiger partial charge on any atom is -0.468 e. The molecule has 0 aromatic heterocycles. The van der Waals surface area contributed by atoms with E-state index in [1.54, 1.807) is 24.3 Å². The maximum Gasteiger partial charge on any atom is 0.320 e. The lowest BCUT2D eigenvalue weighted by Crippen LogP contribution is -2.15. The van der Waals surface area contributed by atoms with Crippen LogP contribution in [0.15, 0.2) is 24.3 Å². The van der Waals surface area contributed by atoms with Crippen LogP contribution in [0, 0.1) is 0 Å². The first kappa shape index (κ1) is 10.7. The Kier molecular flexibility index (Phi) is 3.65. The summed E-state index contributed by atoms with van der Waals surface area (Å²) < 4.78 is 4.48. The standard InChI is InChI=1S/C10H9ClO3/c1-14-10(13)8(6-12)7-4-2-3-5-9(7)11/h2-6,8H,1H3. The molecule has 0 spiro atoms. The molecule has 1 unspecified atom stereocenters. The molecular weight excluding hydrogens is 204 g/mol. The van der Waals surface area contributed by atoms with Gasteiger partial charge in [-0.15, -0.1) is 0 Å². The van der Waals surface area contributed by atoms with Crippen LogP contribution in [0.25, 0.3) is 0 Å². The van der Waals surface area contributed by atoms with Gasteiger partial charge in [-0.3, -0.25) is 4.79 Å². The lowest BCUT2D eigenvalue weighted by Gasteiger charge is -2.09. The van der Waals surface area contributed by atoms with Crippen molar-refractivity contribution in [3.63, 3.8) is 0 Å². The van der Waals surface area contributed by atoms with Crippen LogP contribution < -0.4 is 0 Å². The summed E-state index contributed by atoms with van der Waals surface area (Å²) in [7, 11) is 1.23. The van der Waals surface area contributed by atoms with Gasteiger partial charge in [0.15, 0.2) is 0 Å². The van der Waals surface area contributed by atoms with Gasteiger partial charge in [0.2, 0.25) is 0 Å². The Labute approximate surface area is 86.6 Å². The smallest absolute Gasteiger partial charge is 0.320 e. The predicted molar refractivity (Wildman–Crippen MR) is 52.3 cm³/mol. The van der Waals surface area contributed by atoms with Crippen LogP contribution in [0.3, 0.4) is 0 Å². The molecule has 0 bridgehead atoms. The molecule has 3 nitrogen and oxygen atoms in total. The number of esters is 1. The number of methoxy groups -OCH3 is 1. The van der Waals surface area contributed by atoms with E-state index in [0.717, 1.165) is 0 Å². The van der Waals surface area contributed by atoms with E-state index < -0.39 is 11.9 Å². The Balaban J connectivity index is 3.07. The molecule has 14 heavy (non-hydrogen) atoms. The Morgan fingerprint density at radius 2 is 2.14 bits per heavy atom. The van der Waals surface area contributed by atoms with Crippen LogP contribution >= 0.6 is 11.6 Å². The monoisotopic (exact) mass is 212 g/mol. The number of halogens is 1. The molecular formula is C10H9ClO3. The van der Waals surface area contributed by atoms with Gasteiger partial charge >= 0.3 is 5.97 Å². The predicted octanol–water partition coefficient (Wildman–Crippen LogP) is 1.80. The van der Waals surface area contributed by atoms with E-state index in [9.17, 15) is 9.59 Å². The molecule has 1 aromatic carbocycles. The summed E-state index contributed by atoms with van der Waals surface area (Å²) in [5.74, 6) is -1.54. The largest absolute Gasteiger partial charge is 0.468 e. The number of aldehydes is 1. The Bertz CT molecular complexity index is 349. The highest BCUT2D eigenvalue weighted by Gasteiger charge is 2.22. The molecule has 0 fully saturated rings. The first-order valence-corrected chi connectivity index (χ1v) is 4.36. The first-order valence-electron chi connectivity index (χ1n) is 3.98. The number of hydrogen-bond donors (Lipinski definition) is 0. The summed E-state index contributed by atoms with van der Waals surface area (Å²) in [4.78, 5) is 21.9. The summed E-state index contributed by atoms with van der Waals surface area (Å²) >= 11 is 5.83. The molecule has 0 aliphatic heterocycles. The summed E-state index contributed by atoms with van der Waals surface area (Å²) in [6.07, 6.45) is 0.521. The average molecular weight is 213 g/mol. The topological polar surface area (TPSA) is 43.4 Å². The fourth-order valence-electron chi connectivity index (χ4n) is 1.11. The zero-order chi connectivity index (χ0) is 10.6. The van der Waals surface area contributed by atoms with E-state index in [1.165, 1.54) is 7.11 Å². The molecule has 1 aromatic rings. The molecule has 0 heterocycles. The zero-order valence-electron chi connectivity index (χ0n) is 7.57. The molecule has 1 rings (SSSR count). The molecule has 0 saturated heterocycles. The number of ether oxygens (including phenoxy) is 1. The van der Waals surface area contributed by atoms with Crippen LogP contribution in [0.5, 0.6) is 0 Å². The lowest BCUT2D eigenvalue weighted by molar-refractivity contribution is -0.143. The second-order valence-corrected chi connectivity index (χ2v) is 3.07. The van der Waals surface area contributed by atoms with E-state index in [-0.39, 0.29) is 0 Å². The van der Waals surface area contributed by atoms with Gasteiger partial charge in [0.1, 0.15) is 12.2 Å². The quantitative estimate of drug-likeness (QED) is 0.436. The van der Waals surface area contributed by atoms with Gasteiger partial charge in [0.25, 0.3) is 0 Å². The normalized spacial score (nSPS) is 11.9. The van der Waals surface area contributed by atoms with Gasteiger partial charge in [-0.05, 0) is 11.6 Å². The number of carbonyl (C=O) groups is 2. The SMILES string of the molecule is COC(=O)C(C=O)c1ccccc1Cl. The Morgan fingerprint density at radius 1 is 1.50 bits per heavy atom. The third kappa shape index (κ3) is 2.12. The van der Waals surface area contributed by atoms with Crippen molar-refractivity contribution in [1.29, 1.82) is 0 Å². The number of hydrogen-bond acceptors (Lipinski definition) is 3. The van der Waals surface area contributed by atoms with Crippen LogP contribution in [-0.4, -0.2) is 19.4 Å². The van der Waals surface area contributed by atoms with E-state index in [2.05, 4.69) is 4.74 Å². The molecule has 0 aliphatic carbocycles. The van der Waals surface area contributed by atoms with Crippen molar-refractivity contribution in [2.75, 3.05) is 7.11 Å². The summed E-state index contributed by atoms with van der Waals surface area (Å²) in [5, 5.41) is 0.384. The van der Waals surface area contributed by atoms with Gasteiger partial charge in [0, 0.05) is 5.02 Å². The van der Waals surface area contributed by atoms with Crippen molar-refractivity contribution in [3.05, 3.63) is 34.9 Å². The number of carbonyl (C=O) groups excluding carboxylic acids is 2. The zero-order valence-corrected chi connectivity index (χ0v) is 8.32. The van der Waals surface area contributed by atoms with Gasteiger partial charge in [-0.25, -0.2) is 0 Å². The second kappa shape index (κ2) is 4.77. The summed E-state index contributed by atoms with van der Waals surface area (Å²) in [6, 6.07) is 6.68. The highest BCUT2D eigenvalue weighted by atomic mass is 35.5. The lowest BCUT2D eigenvalue weighted by atomic mass is 10.0. The number of rotatable bonds is 3. The highest BCUT2D eigenvalue weighted by molar-refractivity contribution is 6.32. The Morgan fingerprint density at radius 3 is 2.64 bits per heavy atom. The fraction of sp³-hybridized carbons (Fsp3) is 0.200. The average Bonchev–Trinajstić information content (AvgIpc) is 2.21. The van der Waals surface area contributed by atoms with Crippen molar-refractivity contribution >= 4 is 23.9 Å². The van der Waals surface area contributed by atoms with Gasteiger partial charge < -0.3 is 9.53 Å². The maximum atomic E-state index is 11.2. The van der Waals surface area contributed by atoms with Gasteiger partial charge in [-0.2, -0.15) is 0 Å². The van der Waals surface area contributed by atoms with Crippen LogP contribution in [0.4, 0.5) is 0 Å². The second-order valence-electron chi connectivity index (χ2n) is 2.66. The Hall–Kier alpha value is -1.35. The molecule has 4 heteroatoms. The van der Waals surface area contributed by atoms with Crippen LogP contribution in [0.2, 0.25) is 5.02 Å². The van der Waals surface area contributed by atoms with Crippen molar-refractivity contribution in [2.24, 2.45) is 0 Å². The molecule has 1 atom stereocenters. The molecule has 0 saturated carbocycles. The minimum atomic E-state index is -0.936. The molecule has 0 amide bonds. The third-order valence-corrected chi connectivity index (χ3v) is 2.18. The summed E-state index contributed by atoms with van der Waals surface area (Å²) in [6.45, 7) is 0. The van der Waals surface area contributed by atoms with E-state index in [0.29, 0.717) is 16.9 Å². The maximum absolute atomic E-state index is 11.2. The number of benzene rings is 1. The van der Waals surface area contributed by atoms with Crippen molar-refractivity contribution < 1.29 is 14.3 Å².